The standard InChI is InChI=1S/C21H34O3/c1-3-4-5-6-7-8-9-10-13-16-19-20(24-19)17-14-11-12-15-18-21(22)23-2/h7-8,10-11,13-14,19-20H,3-6,9,12,15-18H2,1-2H3/b8-7-,13-10-,14-11-/t19-,20+/m0/s1. The van der Waals surface area contributed by atoms with E-state index in [2.05, 4.69) is 48.1 Å². The first-order valence-corrected chi connectivity index (χ1v) is 9.45. The number of allylic oxidation sites excluding steroid dienone is 4. The van der Waals surface area contributed by atoms with Gasteiger partial charge in [0.15, 0.2) is 0 Å². The quantitative estimate of drug-likeness (QED) is 0.182. The Hall–Kier alpha value is -1.35. The van der Waals surface area contributed by atoms with Crippen LogP contribution in [0.1, 0.15) is 71.1 Å². The lowest BCUT2D eigenvalue weighted by Crippen LogP contribution is -1.98. The first-order chi connectivity index (χ1) is 11.8. The lowest BCUT2D eigenvalue weighted by atomic mass is 10.1. The van der Waals surface area contributed by atoms with E-state index in [1.165, 1.54) is 32.8 Å². The summed E-state index contributed by atoms with van der Waals surface area (Å²) in [4.78, 5) is 11.0. The molecule has 0 saturated carbocycles. The fourth-order valence-corrected chi connectivity index (χ4v) is 2.54. The Labute approximate surface area is 147 Å². The van der Waals surface area contributed by atoms with Crippen molar-refractivity contribution in [3.8, 4) is 0 Å². The maximum absolute atomic E-state index is 11.0. The Morgan fingerprint density at radius 1 is 0.917 bits per heavy atom. The molecule has 0 amide bonds. The van der Waals surface area contributed by atoms with Gasteiger partial charge in [-0.25, -0.2) is 0 Å². The predicted molar refractivity (Wildman–Crippen MR) is 99.9 cm³/mol. The van der Waals surface area contributed by atoms with Crippen LogP contribution in [0.5, 0.6) is 0 Å². The summed E-state index contributed by atoms with van der Waals surface area (Å²) < 4.78 is 10.3. The van der Waals surface area contributed by atoms with E-state index < -0.39 is 0 Å². The van der Waals surface area contributed by atoms with Crippen LogP contribution in [0.25, 0.3) is 0 Å². The number of unbranched alkanes of at least 4 members (excludes halogenated alkanes) is 4. The summed E-state index contributed by atoms with van der Waals surface area (Å²) in [6.45, 7) is 2.24. The Morgan fingerprint density at radius 3 is 2.25 bits per heavy atom. The summed E-state index contributed by atoms with van der Waals surface area (Å²) >= 11 is 0. The number of esters is 1. The molecule has 3 nitrogen and oxygen atoms in total. The van der Waals surface area contributed by atoms with E-state index in [9.17, 15) is 4.79 Å². The van der Waals surface area contributed by atoms with Gasteiger partial charge in [-0.05, 0) is 44.9 Å². The Bertz CT molecular complexity index is 409. The minimum atomic E-state index is -0.128. The van der Waals surface area contributed by atoms with Gasteiger partial charge >= 0.3 is 5.97 Å². The van der Waals surface area contributed by atoms with Gasteiger partial charge in [-0.15, -0.1) is 0 Å². The third-order valence-electron chi connectivity index (χ3n) is 4.15. The van der Waals surface area contributed by atoms with Crippen LogP contribution in [-0.2, 0) is 14.3 Å². The van der Waals surface area contributed by atoms with E-state index in [4.69, 9.17) is 4.74 Å². The SMILES string of the molecule is CCCCC/C=C\C/C=C\C[C@@H]1O[C@@H]1C/C=C\CCCC(=O)OC. The molecule has 136 valence electrons. The van der Waals surface area contributed by atoms with Crippen molar-refractivity contribution in [3.63, 3.8) is 0 Å². The van der Waals surface area contributed by atoms with Crippen LogP contribution >= 0.6 is 0 Å². The molecule has 1 rings (SSSR count). The van der Waals surface area contributed by atoms with Crippen molar-refractivity contribution in [2.45, 2.75) is 83.3 Å². The van der Waals surface area contributed by atoms with Gasteiger partial charge in [0.25, 0.3) is 0 Å². The van der Waals surface area contributed by atoms with E-state index in [1.54, 1.807) is 0 Å². The van der Waals surface area contributed by atoms with Crippen molar-refractivity contribution >= 4 is 5.97 Å². The molecule has 0 unspecified atom stereocenters. The largest absolute Gasteiger partial charge is 0.469 e. The smallest absolute Gasteiger partial charge is 0.305 e. The van der Waals surface area contributed by atoms with Crippen molar-refractivity contribution in [1.82, 2.24) is 0 Å². The second kappa shape index (κ2) is 14.0. The molecule has 0 aromatic heterocycles. The molecule has 1 heterocycles. The molecule has 2 atom stereocenters. The number of hydrogen-bond donors (Lipinski definition) is 0. The zero-order chi connectivity index (χ0) is 17.5. The van der Waals surface area contributed by atoms with Gasteiger partial charge in [0, 0.05) is 6.42 Å². The summed E-state index contributed by atoms with van der Waals surface area (Å²) in [5.74, 6) is -0.128. The van der Waals surface area contributed by atoms with E-state index in [1.807, 2.05) is 0 Å². The number of ether oxygens (including phenoxy) is 2. The summed E-state index contributed by atoms with van der Waals surface area (Å²) in [5, 5.41) is 0. The van der Waals surface area contributed by atoms with Crippen LogP contribution in [0.2, 0.25) is 0 Å². The highest BCUT2D eigenvalue weighted by atomic mass is 16.6. The third-order valence-corrected chi connectivity index (χ3v) is 4.15. The summed E-state index contributed by atoms with van der Waals surface area (Å²) in [6.07, 6.45) is 24.6. The molecule has 0 bridgehead atoms. The molecular formula is C21H34O3. The van der Waals surface area contributed by atoms with Crippen molar-refractivity contribution in [2.24, 2.45) is 0 Å². The molecule has 0 spiro atoms. The van der Waals surface area contributed by atoms with Crippen molar-refractivity contribution in [2.75, 3.05) is 7.11 Å². The van der Waals surface area contributed by atoms with Gasteiger partial charge in [-0.3, -0.25) is 4.79 Å². The second-order valence-electron chi connectivity index (χ2n) is 6.30. The first-order valence-electron chi connectivity index (χ1n) is 9.45. The van der Waals surface area contributed by atoms with Crippen LogP contribution in [-0.4, -0.2) is 25.3 Å². The lowest BCUT2D eigenvalue weighted by Gasteiger charge is -1.95. The summed E-state index contributed by atoms with van der Waals surface area (Å²) in [7, 11) is 1.43. The van der Waals surface area contributed by atoms with Gasteiger partial charge in [-0.1, -0.05) is 56.2 Å². The van der Waals surface area contributed by atoms with E-state index in [0.29, 0.717) is 18.6 Å². The predicted octanol–water partition coefficient (Wildman–Crippen LogP) is 5.52. The Morgan fingerprint density at radius 2 is 1.54 bits per heavy atom. The van der Waals surface area contributed by atoms with Crippen LogP contribution in [0.4, 0.5) is 0 Å². The lowest BCUT2D eigenvalue weighted by molar-refractivity contribution is -0.140. The maximum Gasteiger partial charge on any atom is 0.305 e. The second-order valence-corrected chi connectivity index (χ2v) is 6.30. The molecule has 1 aliphatic rings. The van der Waals surface area contributed by atoms with Crippen LogP contribution in [0, 0.1) is 0 Å². The molecular weight excluding hydrogens is 300 g/mol. The van der Waals surface area contributed by atoms with Crippen LogP contribution in [0.3, 0.4) is 0 Å². The molecule has 3 heteroatoms. The average Bonchev–Trinajstić information content (AvgIpc) is 3.34. The summed E-state index contributed by atoms with van der Waals surface area (Å²) in [6, 6.07) is 0. The molecule has 1 saturated heterocycles. The minimum absolute atomic E-state index is 0.128. The topological polar surface area (TPSA) is 38.8 Å². The van der Waals surface area contributed by atoms with E-state index in [0.717, 1.165) is 32.1 Å². The van der Waals surface area contributed by atoms with Crippen LogP contribution < -0.4 is 0 Å². The Balaban J connectivity index is 1.93. The van der Waals surface area contributed by atoms with Gasteiger partial charge in [0.2, 0.25) is 0 Å². The molecule has 1 aliphatic heterocycles. The number of epoxide rings is 1. The zero-order valence-corrected chi connectivity index (χ0v) is 15.4. The number of carbonyl (C=O) groups excluding carboxylic acids is 1. The number of methoxy groups -OCH3 is 1. The molecule has 0 N–H and O–H groups in total. The number of carbonyl (C=O) groups is 1. The molecule has 0 radical (unpaired) electrons. The molecule has 0 aromatic carbocycles. The van der Waals surface area contributed by atoms with E-state index >= 15 is 0 Å². The number of rotatable bonds is 14. The highest BCUT2D eigenvalue weighted by Crippen LogP contribution is 2.29. The van der Waals surface area contributed by atoms with Crippen molar-refractivity contribution in [1.29, 1.82) is 0 Å². The fourth-order valence-electron chi connectivity index (χ4n) is 2.54. The van der Waals surface area contributed by atoms with Crippen LogP contribution in [0.15, 0.2) is 36.5 Å². The maximum atomic E-state index is 11.0. The van der Waals surface area contributed by atoms with Gasteiger partial charge in [0.1, 0.15) is 0 Å². The van der Waals surface area contributed by atoms with E-state index in [-0.39, 0.29) is 5.97 Å². The summed E-state index contributed by atoms with van der Waals surface area (Å²) in [5.41, 5.74) is 0. The van der Waals surface area contributed by atoms with Gasteiger partial charge in [0.05, 0.1) is 19.3 Å². The highest BCUT2D eigenvalue weighted by molar-refractivity contribution is 5.69. The first kappa shape index (κ1) is 20.7. The van der Waals surface area contributed by atoms with Crippen molar-refractivity contribution < 1.29 is 14.3 Å². The highest BCUT2D eigenvalue weighted by Gasteiger charge is 2.35. The Kier molecular flexibility index (Phi) is 12.1. The van der Waals surface area contributed by atoms with Gasteiger partial charge in [-0.2, -0.15) is 0 Å². The fraction of sp³-hybridized carbons (Fsp3) is 0.667. The average molecular weight is 335 g/mol. The molecule has 1 fully saturated rings. The molecule has 24 heavy (non-hydrogen) atoms. The zero-order valence-electron chi connectivity index (χ0n) is 15.4. The molecule has 0 aromatic rings. The minimum Gasteiger partial charge on any atom is -0.469 e. The van der Waals surface area contributed by atoms with Crippen molar-refractivity contribution in [3.05, 3.63) is 36.5 Å². The number of hydrogen-bond acceptors (Lipinski definition) is 3. The van der Waals surface area contributed by atoms with Gasteiger partial charge < -0.3 is 9.47 Å². The normalized spacial score (nSPS) is 20.4. The third kappa shape index (κ3) is 11.2. The monoisotopic (exact) mass is 334 g/mol. The molecule has 0 aliphatic carbocycles.